The molecule has 2 aliphatic rings. The van der Waals surface area contributed by atoms with E-state index in [-0.39, 0.29) is 18.6 Å². The number of benzene rings is 1. The molecule has 0 bridgehead atoms. The van der Waals surface area contributed by atoms with Crippen molar-refractivity contribution in [2.24, 2.45) is 11.1 Å². The lowest BCUT2D eigenvalue weighted by Crippen LogP contribution is -2.44. The van der Waals surface area contributed by atoms with Crippen LogP contribution in [0.4, 0.5) is 0 Å². The fraction of sp³-hybridized carbons (Fsp3) is 0.385. The molecule has 0 fully saturated rings. The summed E-state index contributed by atoms with van der Waals surface area (Å²) in [5, 5.41) is 16.2. The first-order valence-corrected chi connectivity index (χ1v) is 11.6. The highest BCUT2D eigenvalue weighted by Crippen LogP contribution is 2.39. The van der Waals surface area contributed by atoms with Crippen molar-refractivity contribution >= 4 is 23.1 Å². The highest BCUT2D eigenvalue weighted by molar-refractivity contribution is 6.02. The third-order valence-electron chi connectivity index (χ3n) is 6.95. The zero-order chi connectivity index (χ0) is 24.0. The third kappa shape index (κ3) is 3.32. The fourth-order valence-corrected chi connectivity index (χ4v) is 4.59. The Morgan fingerprint density at radius 3 is 2.85 bits per heavy atom. The molecule has 5 rings (SSSR count). The number of fused-ring (bicyclic) bond motifs is 5. The molecule has 3 aromatic rings. The van der Waals surface area contributed by atoms with Crippen molar-refractivity contribution in [3.63, 3.8) is 0 Å². The highest BCUT2D eigenvalue weighted by Gasteiger charge is 2.45. The van der Waals surface area contributed by atoms with Crippen molar-refractivity contribution in [2.75, 3.05) is 6.61 Å². The highest BCUT2D eigenvalue weighted by atomic mass is 16.6. The van der Waals surface area contributed by atoms with Gasteiger partial charge < -0.3 is 19.2 Å². The second kappa shape index (κ2) is 8.36. The number of pyridine rings is 2. The van der Waals surface area contributed by atoms with Crippen LogP contribution < -0.4 is 5.56 Å². The van der Waals surface area contributed by atoms with Gasteiger partial charge in [-0.3, -0.25) is 4.79 Å². The largest absolute Gasteiger partial charge is 0.458 e. The van der Waals surface area contributed by atoms with Crippen molar-refractivity contribution in [2.45, 2.75) is 52.4 Å². The summed E-state index contributed by atoms with van der Waals surface area (Å²) < 4.78 is 6.78. The Morgan fingerprint density at radius 2 is 2.09 bits per heavy atom. The van der Waals surface area contributed by atoms with Gasteiger partial charge in [0, 0.05) is 22.1 Å². The van der Waals surface area contributed by atoms with Crippen LogP contribution in [0.15, 0.2) is 40.3 Å². The Hall–Kier alpha value is -3.52. The van der Waals surface area contributed by atoms with E-state index in [0.717, 1.165) is 28.5 Å². The summed E-state index contributed by atoms with van der Waals surface area (Å²) in [5.74, 6) is -0.337. The molecule has 4 heterocycles. The van der Waals surface area contributed by atoms with E-state index in [2.05, 4.69) is 19.0 Å². The summed E-state index contributed by atoms with van der Waals surface area (Å²) in [6.07, 6.45) is 2.80. The van der Waals surface area contributed by atoms with Crippen LogP contribution in [0.3, 0.4) is 0 Å². The molecule has 0 aliphatic carbocycles. The molecule has 34 heavy (non-hydrogen) atoms. The SMILES string of the molecule is CCC(C)CON=Cc1c2c(nc3ccccc13)-c1cc3c(c(=O)n1C2)COC(=O)[C@]3(O)CC. The van der Waals surface area contributed by atoms with Gasteiger partial charge in [0.1, 0.15) is 13.2 Å². The van der Waals surface area contributed by atoms with Crippen LogP contribution in [0, 0.1) is 5.92 Å². The Labute approximate surface area is 196 Å². The first kappa shape index (κ1) is 22.3. The van der Waals surface area contributed by atoms with Gasteiger partial charge in [-0.1, -0.05) is 50.5 Å². The topological polar surface area (TPSA) is 103 Å². The molecule has 0 amide bonds. The number of hydrogen-bond acceptors (Lipinski definition) is 7. The number of ether oxygens (including phenoxy) is 1. The number of carbonyl (C=O) groups excluding carboxylic acids is 1. The molecule has 1 aromatic carbocycles. The average molecular weight is 462 g/mol. The van der Waals surface area contributed by atoms with Crippen LogP contribution in [0.25, 0.3) is 22.3 Å². The maximum absolute atomic E-state index is 13.4. The maximum Gasteiger partial charge on any atom is 0.343 e. The molecule has 8 nitrogen and oxygen atoms in total. The van der Waals surface area contributed by atoms with Crippen molar-refractivity contribution in [3.05, 3.63) is 62.9 Å². The second-order valence-electron chi connectivity index (χ2n) is 9.02. The molecular weight excluding hydrogens is 434 g/mol. The number of para-hydroxylation sites is 1. The van der Waals surface area contributed by atoms with Crippen LogP contribution in [0.1, 0.15) is 55.9 Å². The number of oxime groups is 1. The summed E-state index contributed by atoms with van der Waals surface area (Å²) in [7, 11) is 0. The first-order valence-electron chi connectivity index (χ1n) is 11.6. The number of cyclic esters (lactones) is 1. The molecule has 0 radical (unpaired) electrons. The van der Waals surface area contributed by atoms with Gasteiger partial charge in [0.2, 0.25) is 0 Å². The smallest absolute Gasteiger partial charge is 0.343 e. The van der Waals surface area contributed by atoms with Crippen molar-refractivity contribution in [1.82, 2.24) is 9.55 Å². The molecular formula is C26H27N3O5. The summed E-state index contributed by atoms with van der Waals surface area (Å²) in [6.45, 7) is 6.57. The molecule has 1 N–H and O–H groups in total. The Balaban J connectivity index is 1.68. The van der Waals surface area contributed by atoms with Crippen LogP contribution in [-0.4, -0.2) is 33.4 Å². The van der Waals surface area contributed by atoms with Crippen molar-refractivity contribution < 1.29 is 19.5 Å². The zero-order valence-corrected chi connectivity index (χ0v) is 19.5. The molecule has 0 spiro atoms. The van der Waals surface area contributed by atoms with Gasteiger partial charge >= 0.3 is 5.97 Å². The van der Waals surface area contributed by atoms with E-state index in [0.29, 0.717) is 41.6 Å². The van der Waals surface area contributed by atoms with Gasteiger partial charge in [-0.25, -0.2) is 9.78 Å². The monoisotopic (exact) mass is 461 g/mol. The lowest BCUT2D eigenvalue weighted by atomic mass is 9.86. The number of rotatable bonds is 6. The van der Waals surface area contributed by atoms with E-state index < -0.39 is 11.6 Å². The lowest BCUT2D eigenvalue weighted by molar-refractivity contribution is -0.172. The lowest BCUT2D eigenvalue weighted by Gasteiger charge is -2.31. The molecule has 8 heteroatoms. The quantitative estimate of drug-likeness (QED) is 0.268. The van der Waals surface area contributed by atoms with Crippen LogP contribution >= 0.6 is 0 Å². The second-order valence-corrected chi connectivity index (χ2v) is 9.02. The van der Waals surface area contributed by atoms with E-state index in [1.807, 2.05) is 24.3 Å². The molecule has 176 valence electrons. The Bertz CT molecular complexity index is 1390. The van der Waals surface area contributed by atoms with Crippen LogP contribution in [0.2, 0.25) is 0 Å². The van der Waals surface area contributed by atoms with Gasteiger partial charge in [0.05, 0.1) is 35.2 Å². The Morgan fingerprint density at radius 1 is 1.29 bits per heavy atom. The maximum atomic E-state index is 13.4. The standard InChI is InChI=1S/C26H27N3O5/c1-4-15(3)13-34-27-11-17-16-8-6-7-9-21(16)28-23-18(17)12-29-22(23)10-20-19(24(29)30)14-33-25(31)26(20,32)5-2/h6-11,15,32H,4-5,12-14H2,1-3H3/t15?,26-/m0/s1. The predicted octanol–water partition coefficient (Wildman–Crippen LogP) is 3.48. The molecule has 2 aliphatic heterocycles. The summed E-state index contributed by atoms with van der Waals surface area (Å²) >= 11 is 0. The van der Waals surface area contributed by atoms with Crippen LogP contribution in [0.5, 0.6) is 0 Å². The van der Waals surface area contributed by atoms with E-state index >= 15 is 0 Å². The summed E-state index contributed by atoms with van der Waals surface area (Å²) in [5.41, 5.74) is 2.12. The normalized spacial score (nSPS) is 19.6. The average Bonchev–Trinajstić information content (AvgIpc) is 3.22. The van der Waals surface area contributed by atoms with E-state index in [4.69, 9.17) is 14.6 Å². The number of esters is 1. The van der Waals surface area contributed by atoms with Crippen molar-refractivity contribution in [3.8, 4) is 11.4 Å². The van der Waals surface area contributed by atoms with E-state index in [1.165, 1.54) is 0 Å². The molecule has 2 aromatic heterocycles. The molecule has 2 atom stereocenters. The summed E-state index contributed by atoms with van der Waals surface area (Å²) in [6, 6.07) is 9.44. The van der Waals surface area contributed by atoms with E-state index in [9.17, 15) is 14.7 Å². The number of aliphatic hydroxyl groups is 1. The minimum atomic E-state index is -1.85. The van der Waals surface area contributed by atoms with Gasteiger partial charge in [-0.05, 0) is 24.5 Å². The Kier molecular flexibility index (Phi) is 5.48. The number of carbonyl (C=O) groups is 1. The van der Waals surface area contributed by atoms with Crippen molar-refractivity contribution in [1.29, 1.82) is 0 Å². The predicted molar refractivity (Wildman–Crippen MR) is 128 cm³/mol. The summed E-state index contributed by atoms with van der Waals surface area (Å²) in [4.78, 5) is 36.2. The first-order chi connectivity index (χ1) is 16.4. The molecule has 0 saturated heterocycles. The minimum absolute atomic E-state index is 0.102. The number of nitrogens with zero attached hydrogens (tertiary/aromatic N) is 3. The molecule has 0 saturated carbocycles. The fourth-order valence-electron chi connectivity index (χ4n) is 4.59. The van der Waals surface area contributed by atoms with Gasteiger partial charge in [-0.2, -0.15) is 0 Å². The van der Waals surface area contributed by atoms with Gasteiger partial charge in [0.15, 0.2) is 5.60 Å². The molecule has 1 unspecified atom stereocenters. The van der Waals surface area contributed by atoms with E-state index in [1.54, 1.807) is 23.8 Å². The van der Waals surface area contributed by atoms with Crippen LogP contribution in [-0.2, 0) is 33.1 Å². The zero-order valence-electron chi connectivity index (χ0n) is 19.5. The third-order valence-corrected chi connectivity index (χ3v) is 6.95. The van der Waals surface area contributed by atoms with Gasteiger partial charge in [0.25, 0.3) is 5.56 Å². The van der Waals surface area contributed by atoms with Gasteiger partial charge in [-0.15, -0.1) is 0 Å². The number of hydrogen-bond donors (Lipinski definition) is 1. The number of aromatic nitrogens is 2. The minimum Gasteiger partial charge on any atom is -0.458 e.